The number of carbonyl (C=O) groups is 1. The summed E-state index contributed by atoms with van der Waals surface area (Å²) in [6.07, 6.45) is 0. The molecule has 76 valence electrons. The topological polar surface area (TPSA) is 29.1 Å². The van der Waals surface area contributed by atoms with Crippen molar-refractivity contribution in [2.24, 2.45) is 0 Å². The number of amides is 1. The quantitative estimate of drug-likeness (QED) is 0.777. The molecule has 0 fully saturated rings. The van der Waals surface area contributed by atoms with E-state index in [4.69, 9.17) is 0 Å². The van der Waals surface area contributed by atoms with Gasteiger partial charge in [0.25, 0.3) is 0 Å². The summed E-state index contributed by atoms with van der Waals surface area (Å²) in [6, 6.07) is 3.25. The van der Waals surface area contributed by atoms with E-state index in [1.807, 2.05) is 0 Å². The molecular weight excluding hydrogens is 188 g/mol. The SMILES string of the molecule is CC(=O)NC(C)c1ccc(F)c(F)c1. The predicted octanol–water partition coefficient (Wildman–Crippen LogP) is 2.16. The predicted molar refractivity (Wildman–Crippen MR) is 48.6 cm³/mol. The summed E-state index contributed by atoms with van der Waals surface area (Å²) >= 11 is 0. The highest BCUT2D eigenvalue weighted by molar-refractivity contribution is 5.73. The molecule has 1 rings (SSSR count). The lowest BCUT2D eigenvalue weighted by molar-refractivity contribution is -0.119. The van der Waals surface area contributed by atoms with Crippen LogP contribution < -0.4 is 5.32 Å². The van der Waals surface area contributed by atoms with Gasteiger partial charge in [-0.05, 0) is 24.6 Å². The Balaban J connectivity index is 2.85. The van der Waals surface area contributed by atoms with E-state index in [-0.39, 0.29) is 11.9 Å². The highest BCUT2D eigenvalue weighted by atomic mass is 19.2. The minimum Gasteiger partial charge on any atom is -0.350 e. The lowest BCUT2D eigenvalue weighted by Gasteiger charge is -2.12. The normalized spacial score (nSPS) is 12.3. The molecule has 0 heterocycles. The first kappa shape index (κ1) is 10.6. The Hall–Kier alpha value is -1.45. The van der Waals surface area contributed by atoms with Gasteiger partial charge in [-0.1, -0.05) is 6.07 Å². The number of carbonyl (C=O) groups excluding carboxylic acids is 1. The standard InChI is InChI=1S/C10H11F2NO/c1-6(13-7(2)14)8-3-4-9(11)10(12)5-8/h3-6H,1-2H3,(H,13,14). The maximum atomic E-state index is 12.8. The highest BCUT2D eigenvalue weighted by Crippen LogP contribution is 2.15. The Kier molecular flexibility index (Phi) is 3.17. The number of halogens is 2. The average molecular weight is 199 g/mol. The van der Waals surface area contributed by atoms with Crippen LogP contribution in [0, 0.1) is 11.6 Å². The van der Waals surface area contributed by atoms with Crippen LogP contribution in [0.4, 0.5) is 8.78 Å². The van der Waals surface area contributed by atoms with E-state index in [1.54, 1.807) is 6.92 Å². The smallest absolute Gasteiger partial charge is 0.217 e. The Morgan fingerprint density at radius 2 is 2.00 bits per heavy atom. The molecular formula is C10H11F2NO. The van der Waals surface area contributed by atoms with Crippen LogP contribution in [0.15, 0.2) is 18.2 Å². The third kappa shape index (κ3) is 2.52. The Labute approximate surface area is 80.9 Å². The maximum absolute atomic E-state index is 12.8. The molecule has 0 bridgehead atoms. The van der Waals surface area contributed by atoms with Crippen molar-refractivity contribution in [3.05, 3.63) is 35.4 Å². The Bertz CT molecular complexity index is 352. The van der Waals surface area contributed by atoms with Crippen molar-refractivity contribution in [3.8, 4) is 0 Å². The van der Waals surface area contributed by atoms with Crippen molar-refractivity contribution >= 4 is 5.91 Å². The molecule has 1 aromatic rings. The minimum atomic E-state index is -0.903. The van der Waals surface area contributed by atoms with E-state index in [9.17, 15) is 13.6 Å². The molecule has 2 nitrogen and oxygen atoms in total. The van der Waals surface area contributed by atoms with Gasteiger partial charge in [-0.15, -0.1) is 0 Å². The van der Waals surface area contributed by atoms with E-state index >= 15 is 0 Å². The van der Waals surface area contributed by atoms with Crippen LogP contribution in [0.25, 0.3) is 0 Å². The van der Waals surface area contributed by atoms with E-state index in [0.29, 0.717) is 5.56 Å². The van der Waals surface area contributed by atoms with Crippen LogP contribution in [-0.2, 0) is 4.79 Å². The first-order chi connectivity index (χ1) is 6.50. The Morgan fingerprint density at radius 1 is 1.36 bits per heavy atom. The monoisotopic (exact) mass is 199 g/mol. The van der Waals surface area contributed by atoms with Gasteiger partial charge in [0.1, 0.15) is 0 Å². The third-order valence-corrected chi connectivity index (χ3v) is 1.86. The molecule has 0 aliphatic rings. The number of hydrogen-bond donors (Lipinski definition) is 1. The molecule has 0 aromatic heterocycles. The fourth-order valence-corrected chi connectivity index (χ4v) is 1.17. The summed E-state index contributed by atoms with van der Waals surface area (Å²) in [5, 5.41) is 2.58. The van der Waals surface area contributed by atoms with E-state index in [2.05, 4.69) is 5.32 Å². The van der Waals surface area contributed by atoms with Crippen LogP contribution in [0.1, 0.15) is 25.5 Å². The van der Waals surface area contributed by atoms with E-state index in [1.165, 1.54) is 13.0 Å². The lowest BCUT2D eigenvalue weighted by Crippen LogP contribution is -2.23. The molecule has 0 aliphatic carbocycles. The first-order valence-electron chi connectivity index (χ1n) is 4.22. The molecule has 1 aromatic carbocycles. The van der Waals surface area contributed by atoms with Crippen molar-refractivity contribution in [1.82, 2.24) is 5.32 Å². The van der Waals surface area contributed by atoms with Gasteiger partial charge in [0.05, 0.1) is 6.04 Å². The van der Waals surface area contributed by atoms with Crippen LogP contribution in [0.2, 0.25) is 0 Å². The molecule has 0 saturated heterocycles. The average Bonchev–Trinajstić information content (AvgIpc) is 2.08. The van der Waals surface area contributed by atoms with Gasteiger partial charge in [-0.2, -0.15) is 0 Å². The largest absolute Gasteiger partial charge is 0.350 e. The minimum absolute atomic E-state index is 0.206. The second-order valence-electron chi connectivity index (χ2n) is 3.10. The third-order valence-electron chi connectivity index (χ3n) is 1.86. The van der Waals surface area contributed by atoms with Gasteiger partial charge in [0.2, 0.25) is 5.91 Å². The molecule has 0 saturated carbocycles. The highest BCUT2D eigenvalue weighted by Gasteiger charge is 2.09. The fourth-order valence-electron chi connectivity index (χ4n) is 1.17. The zero-order valence-electron chi connectivity index (χ0n) is 7.97. The number of benzene rings is 1. The summed E-state index contributed by atoms with van der Waals surface area (Å²) in [5.41, 5.74) is 0.541. The van der Waals surface area contributed by atoms with Crippen LogP contribution in [-0.4, -0.2) is 5.91 Å². The maximum Gasteiger partial charge on any atom is 0.217 e. The zero-order chi connectivity index (χ0) is 10.7. The van der Waals surface area contributed by atoms with Crippen molar-refractivity contribution in [2.75, 3.05) is 0 Å². The number of rotatable bonds is 2. The van der Waals surface area contributed by atoms with Crippen LogP contribution >= 0.6 is 0 Å². The van der Waals surface area contributed by atoms with Gasteiger partial charge in [-0.3, -0.25) is 4.79 Å². The Morgan fingerprint density at radius 3 is 2.50 bits per heavy atom. The summed E-state index contributed by atoms with van der Waals surface area (Å²) in [5.74, 6) is -1.99. The van der Waals surface area contributed by atoms with Crippen LogP contribution in [0.5, 0.6) is 0 Å². The van der Waals surface area contributed by atoms with E-state index in [0.717, 1.165) is 12.1 Å². The van der Waals surface area contributed by atoms with Crippen LogP contribution in [0.3, 0.4) is 0 Å². The molecule has 4 heteroatoms. The molecule has 1 unspecified atom stereocenters. The van der Waals surface area contributed by atoms with E-state index < -0.39 is 11.6 Å². The van der Waals surface area contributed by atoms with Gasteiger partial charge in [0, 0.05) is 6.92 Å². The number of hydrogen-bond acceptors (Lipinski definition) is 1. The first-order valence-corrected chi connectivity index (χ1v) is 4.22. The van der Waals surface area contributed by atoms with Crippen molar-refractivity contribution < 1.29 is 13.6 Å². The van der Waals surface area contributed by atoms with Crippen molar-refractivity contribution in [2.45, 2.75) is 19.9 Å². The fraction of sp³-hybridized carbons (Fsp3) is 0.300. The molecule has 1 N–H and O–H groups in total. The summed E-state index contributed by atoms with van der Waals surface area (Å²) in [7, 11) is 0. The zero-order valence-corrected chi connectivity index (χ0v) is 7.97. The van der Waals surface area contributed by atoms with Gasteiger partial charge < -0.3 is 5.32 Å². The molecule has 1 atom stereocenters. The lowest BCUT2D eigenvalue weighted by atomic mass is 10.1. The molecule has 1 amide bonds. The number of nitrogens with one attached hydrogen (secondary N) is 1. The molecule has 14 heavy (non-hydrogen) atoms. The van der Waals surface area contributed by atoms with Gasteiger partial charge >= 0.3 is 0 Å². The second-order valence-corrected chi connectivity index (χ2v) is 3.10. The molecule has 0 aliphatic heterocycles. The van der Waals surface area contributed by atoms with Crippen molar-refractivity contribution in [1.29, 1.82) is 0 Å². The van der Waals surface area contributed by atoms with Crippen molar-refractivity contribution in [3.63, 3.8) is 0 Å². The summed E-state index contributed by atoms with van der Waals surface area (Å²) in [6.45, 7) is 3.07. The molecule has 0 radical (unpaired) electrons. The summed E-state index contributed by atoms with van der Waals surface area (Å²) in [4.78, 5) is 10.7. The molecule has 0 spiro atoms. The summed E-state index contributed by atoms with van der Waals surface area (Å²) < 4.78 is 25.4. The van der Waals surface area contributed by atoms with Gasteiger partial charge in [-0.25, -0.2) is 8.78 Å². The van der Waals surface area contributed by atoms with Gasteiger partial charge in [0.15, 0.2) is 11.6 Å². The second kappa shape index (κ2) is 4.17.